The molecular formula is C19H33ClN2O11S2. The zero-order valence-corrected chi connectivity index (χ0v) is 21.6. The molecule has 1 aromatic carbocycles. The van der Waals surface area contributed by atoms with Crippen molar-refractivity contribution in [3.8, 4) is 0 Å². The van der Waals surface area contributed by atoms with Crippen molar-refractivity contribution in [3.63, 3.8) is 0 Å². The van der Waals surface area contributed by atoms with Crippen LogP contribution < -0.4 is 5.14 Å². The van der Waals surface area contributed by atoms with Gasteiger partial charge in [0, 0.05) is 20.2 Å². The Bertz CT molecular complexity index is 1020. The van der Waals surface area contributed by atoms with Crippen molar-refractivity contribution >= 4 is 31.6 Å². The van der Waals surface area contributed by atoms with Crippen molar-refractivity contribution in [2.24, 2.45) is 5.14 Å². The van der Waals surface area contributed by atoms with Crippen LogP contribution in [-0.4, -0.2) is 115 Å². The average Bonchev–Trinajstić information content (AvgIpc) is 3.22. The third-order valence-electron chi connectivity index (χ3n) is 5.29. The topological polar surface area (TPSA) is 228 Å². The number of sulfonamides is 2. The number of nitrogens with zero attached hydrogens (tertiary/aromatic N) is 1. The van der Waals surface area contributed by atoms with Gasteiger partial charge in [0.15, 0.2) is 0 Å². The quantitative estimate of drug-likeness (QED) is 0.158. The molecule has 1 aromatic rings. The van der Waals surface area contributed by atoms with E-state index in [2.05, 4.69) is 0 Å². The van der Waals surface area contributed by atoms with Crippen LogP contribution in [0.25, 0.3) is 0 Å². The maximum Gasteiger partial charge on any atom is 0.242 e. The van der Waals surface area contributed by atoms with Crippen LogP contribution in [0.4, 0.5) is 0 Å². The lowest BCUT2D eigenvalue weighted by atomic mass is 10.0. The number of ether oxygens (including phenoxy) is 1. The molecule has 0 aliphatic carbocycles. The van der Waals surface area contributed by atoms with E-state index in [4.69, 9.17) is 52.1 Å². The normalized spacial score (nSPS) is 22.3. The second kappa shape index (κ2) is 13.0. The van der Waals surface area contributed by atoms with E-state index in [9.17, 15) is 16.8 Å². The predicted molar refractivity (Wildman–Crippen MR) is 124 cm³/mol. The number of benzene rings is 1. The van der Waals surface area contributed by atoms with Crippen molar-refractivity contribution < 1.29 is 52.2 Å². The van der Waals surface area contributed by atoms with E-state index < -0.39 is 68.2 Å². The first-order valence-electron chi connectivity index (χ1n) is 10.4. The lowest BCUT2D eigenvalue weighted by Crippen LogP contribution is -2.46. The van der Waals surface area contributed by atoms with Crippen LogP contribution in [0.1, 0.15) is 19.8 Å². The molecule has 2 rings (SSSR count). The molecule has 0 saturated carbocycles. The highest BCUT2D eigenvalue weighted by Gasteiger charge is 2.35. The first-order chi connectivity index (χ1) is 16.0. The third-order valence-corrected chi connectivity index (χ3v) is 8.48. The fourth-order valence-electron chi connectivity index (χ4n) is 3.23. The minimum absolute atomic E-state index is 0.125. The molecule has 204 valence electrons. The minimum Gasteiger partial charge on any atom is -0.394 e. The summed E-state index contributed by atoms with van der Waals surface area (Å²) in [5, 5.41) is 57.1. The molecule has 0 bridgehead atoms. The standard InChI is InChI=1S/C13H19ClN2O5S2.C6H14O6/c1-13(6-3-7-21-13)9-16(2)23(19,20)10-4-5-11(14)12(8-10)22(15,17)18;7-1-3(9)5(11)6(12)4(10)2-8/h4-5,8H,3,6-7,9H2,1-2H3,(H2,15,17,18);3-12H,1-2H2/t;3-,4-,5-,6-/m.1/s1. The number of rotatable bonds is 10. The van der Waals surface area contributed by atoms with Crippen LogP contribution in [-0.2, 0) is 24.8 Å². The zero-order chi connectivity index (χ0) is 27.2. The Kier molecular flexibility index (Phi) is 11.9. The summed E-state index contributed by atoms with van der Waals surface area (Å²) < 4.78 is 55.0. The first kappa shape index (κ1) is 32.1. The monoisotopic (exact) mass is 564 g/mol. The molecule has 0 amide bonds. The fraction of sp³-hybridized carbons (Fsp3) is 0.684. The van der Waals surface area contributed by atoms with Crippen molar-refractivity contribution in [2.75, 3.05) is 33.4 Å². The number of likely N-dealkylation sites (N-methyl/N-ethyl adjacent to an activating group) is 1. The number of nitrogens with two attached hydrogens (primary N) is 1. The van der Waals surface area contributed by atoms with Crippen molar-refractivity contribution in [1.29, 1.82) is 0 Å². The van der Waals surface area contributed by atoms with Gasteiger partial charge in [0.05, 0.1) is 28.7 Å². The van der Waals surface area contributed by atoms with Crippen LogP contribution in [0.3, 0.4) is 0 Å². The van der Waals surface area contributed by atoms with E-state index in [0.29, 0.717) is 6.61 Å². The molecule has 1 saturated heterocycles. The van der Waals surface area contributed by atoms with Crippen LogP contribution in [0.15, 0.2) is 28.0 Å². The minimum atomic E-state index is -4.12. The summed E-state index contributed by atoms with van der Waals surface area (Å²) in [6.07, 6.45) is -4.76. The van der Waals surface area contributed by atoms with Gasteiger partial charge in [-0.25, -0.2) is 22.0 Å². The second-order valence-corrected chi connectivity index (χ2v) is 12.3. The van der Waals surface area contributed by atoms with E-state index in [1.165, 1.54) is 19.2 Å². The van der Waals surface area contributed by atoms with Gasteiger partial charge in [-0.2, -0.15) is 4.31 Å². The van der Waals surface area contributed by atoms with Gasteiger partial charge in [0.25, 0.3) is 0 Å². The summed E-state index contributed by atoms with van der Waals surface area (Å²) in [6.45, 7) is 1.17. The van der Waals surface area contributed by atoms with E-state index >= 15 is 0 Å². The highest BCUT2D eigenvalue weighted by atomic mass is 35.5. The summed E-state index contributed by atoms with van der Waals surface area (Å²) in [6, 6.07) is 3.43. The summed E-state index contributed by atoms with van der Waals surface area (Å²) in [5.41, 5.74) is -0.545. The first-order valence-corrected chi connectivity index (χ1v) is 13.7. The largest absolute Gasteiger partial charge is 0.394 e. The number of hydrogen-bond donors (Lipinski definition) is 7. The molecule has 8 N–H and O–H groups in total. The van der Waals surface area contributed by atoms with Crippen molar-refractivity contribution in [3.05, 3.63) is 23.2 Å². The van der Waals surface area contributed by atoms with Gasteiger partial charge >= 0.3 is 0 Å². The smallest absolute Gasteiger partial charge is 0.242 e. The van der Waals surface area contributed by atoms with Gasteiger partial charge in [-0.15, -0.1) is 0 Å². The van der Waals surface area contributed by atoms with Gasteiger partial charge < -0.3 is 35.4 Å². The van der Waals surface area contributed by atoms with Crippen LogP contribution in [0.5, 0.6) is 0 Å². The van der Waals surface area contributed by atoms with Gasteiger partial charge in [-0.1, -0.05) is 11.6 Å². The van der Waals surface area contributed by atoms with Crippen LogP contribution >= 0.6 is 11.6 Å². The molecule has 0 aromatic heterocycles. The number of hydrogen-bond acceptors (Lipinski definition) is 11. The lowest BCUT2D eigenvalue weighted by molar-refractivity contribution is -0.123. The maximum atomic E-state index is 12.6. The fourth-order valence-corrected chi connectivity index (χ4v) is 5.69. The summed E-state index contributed by atoms with van der Waals surface area (Å²) in [4.78, 5) is -0.605. The Labute approximate surface area is 209 Å². The van der Waals surface area contributed by atoms with Gasteiger partial charge in [-0.3, -0.25) is 0 Å². The summed E-state index contributed by atoms with van der Waals surface area (Å²) in [5.74, 6) is 0. The molecule has 0 spiro atoms. The molecular weight excluding hydrogens is 532 g/mol. The summed E-state index contributed by atoms with van der Waals surface area (Å²) in [7, 11) is -6.58. The van der Waals surface area contributed by atoms with Crippen LogP contribution in [0, 0.1) is 0 Å². The Balaban J connectivity index is 0.000000434. The number of aliphatic hydroxyl groups excluding tert-OH is 6. The molecule has 0 radical (unpaired) electrons. The predicted octanol–water partition coefficient (Wildman–Crippen LogP) is -2.41. The highest BCUT2D eigenvalue weighted by molar-refractivity contribution is 7.90. The van der Waals surface area contributed by atoms with Gasteiger partial charge in [0.2, 0.25) is 20.0 Å². The van der Waals surface area contributed by atoms with Crippen molar-refractivity contribution in [2.45, 2.75) is 59.6 Å². The zero-order valence-electron chi connectivity index (χ0n) is 19.2. The van der Waals surface area contributed by atoms with E-state index in [-0.39, 0.29) is 16.5 Å². The van der Waals surface area contributed by atoms with E-state index in [1.807, 2.05) is 6.92 Å². The van der Waals surface area contributed by atoms with Gasteiger partial charge in [-0.05, 0) is 38.0 Å². The molecule has 16 heteroatoms. The second-order valence-electron chi connectivity index (χ2n) is 8.28. The Hall–Kier alpha value is -0.950. The highest BCUT2D eigenvalue weighted by Crippen LogP contribution is 2.29. The molecule has 1 aliphatic heterocycles. The van der Waals surface area contributed by atoms with E-state index in [1.54, 1.807) is 0 Å². The SMILES string of the molecule is CN(CC1(C)CCCO1)S(=O)(=O)c1ccc(Cl)c(S(N)(=O)=O)c1.OC[C@@H](O)[C@@H](O)[C@H](O)[C@H](O)CO. The molecule has 13 nitrogen and oxygen atoms in total. The van der Waals surface area contributed by atoms with Crippen molar-refractivity contribution in [1.82, 2.24) is 4.31 Å². The Morgan fingerprint density at radius 2 is 1.60 bits per heavy atom. The lowest BCUT2D eigenvalue weighted by Gasteiger charge is -2.28. The molecule has 1 unspecified atom stereocenters. The average molecular weight is 565 g/mol. The Morgan fingerprint density at radius 1 is 1.09 bits per heavy atom. The molecule has 5 atom stereocenters. The number of aliphatic hydroxyl groups is 6. The maximum absolute atomic E-state index is 12.6. The third kappa shape index (κ3) is 8.84. The molecule has 1 heterocycles. The summed E-state index contributed by atoms with van der Waals surface area (Å²) >= 11 is 5.78. The van der Waals surface area contributed by atoms with Gasteiger partial charge in [0.1, 0.15) is 29.3 Å². The number of primary sulfonamides is 1. The van der Waals surface area contributed by atoms with Crippen LogP contribution in [0.2, 0.25) is 5.02 Å². The molecule has 1 aliphatic rings. The Morgan fingerprint density at radius 3 is 2.00 bits per heavy atom. The molecule has 35 heavy (non-hydrogen) atoms. The van der Waals surface area contributed by atoms with E-state index in [0.717, 1.165) is 23.2 Å². The number of halogens is 1. The molecule has 1 fully saturated rings.